The van der Waals surface area contributed by atoms with Crippen LogP contribution >= 0.6 is 0 Å². The summed E-state index contributed by atoms with van der Waals surface area (Å²) in [6, 6.07) is 19.1. The molecule has 0 fully saturated rings. The SMILES string of the molecule is CC(C)[C@H](NC(=O)c1ccco1)C(=O)OCC(=O)c1ccc(-c2ccccc2)cc1. The number of benzene rings is 2. The van der Waals surface area contributed by atoms with Crippen molar-refractivity contribution < 1.29 is 23.5 Å². The Hall–Kier alpha value is -3.67. The summed E-state index contributed by atoms with van der Waals surface area (Å²) in [6.45, 7) is 3.15. The molecule has 1 N–H and O–H groups in total. The maximum Gasteiger partial charge on any atom is 0.329 e. The minimum atomic E-state index is -0.893. The molecule has 0 spiro atoms. The van der Waals surface area contributed by atoms with Crippen LogP contribution < -0.4 is 5.32 Å². The van der Waals surface area contributed by atoms with E-state index >= 15 is 0 Å². The Morgan fingerprint density at radius 1 is 0.900 bits per heavy atom. The molecule has 0 aliphatic rings. The minimum Gasteiger partial charge on any atom is -0.459 e. The number of ketones is 1. The summed E-state index contributed by atoms with van der Waals surface area (Å²) >= 11 is 0. The van der Waals surface area contributed by atoms with E-state index in [1.165, 1.54) is 12.3 Å². The number of hydrogen-bond donors (Lipinski definition) is 1. The average molecular weight is 405 g/mol. The first kappa shape index (κ1) is 21.0. The van der Waals surface area contributed by atoms with E-state index in [0.29, 0.717) is 5.56 Å². The molecule has 0 unspecified atom stereocenters. The van der Waals surface area contributed by atoms with E-state index in [-0.39, 0.29) is 17.5 Å². The Balaban J connectivity index is 1.58. The van der Waals surface area contributed by atoms with E-state index in [2.05, 4.69) is 5.32 Å². The van der Waals surface area contributed by atoms with Crippen molar-refractivity contribution in [3.63, 3.8) is 0 Å². The molecule has 0 saturated carbocycles. The van der Waals surface area contributed by atoms with Crippen LogP contribution in [0.15, 0.2) is 77.4 Å². The number of carbonyl (C=O) groups is 3. The number of Topliss-reactive ketones (excluding diaryl/α,β-unsaturated/α-hetero) is 1. The standard InChI is InChI=1S/C24H23NO5/c1-16(2)22(25-23(27)21-9-6-14-29-21)24(28)30-15-20(26)19-12-10-18(11-13-19)17-7-4-3-5-8-17/h3-14,16,22H,15H2,1-2H3,(H,25,27)/t22-/m0/s1. The molecule has 1 heterocycles. The van der Waals surface area contributed by atoms with E-state index in [1.807, 2.05) is 42.5 Å². The number of furan rings is 1. The number of esters is 1. The predicted octanol–water partition coefficient (Wildman–Crippen LogP) is 4.13. The third kappa shape index (κ3) is 5.23. The van der Waals surface area contributed by atoms with Gasteiger partial charge in [-0.2, -0.15) is 0 Å². The number of ether oxygens (including phenoxy) is 1. The monoisotopic (exact) mass is 405 g/mol. The number of nitrogens with one attached hydrogen (secondary N) is 1. The van der Waals surface area contributed by atoms with Crippen LogP contribution in [0.3, 0.4) is 0 Å². The Labute approximate surface area is 174 Å². The largest absolute Gasteiger partial charge is 0.459 e. The molecule has 6 heteroatoms. The van der Waals surface area contributed by atoms with Crippen LogP contribution in [-0.4, -0.2) is 30.3 Å². The third-order valence-corrected chi connectivity index (χ3v) is 4.61. The van der Waals surface area contributed by atoms with Crippen molar-refractivity contribution in [1.82, 2.24) is 5.32 Å². The van der Waals surface area contributed by atoms with Gasteiger partial charge in [0.2, 0.25) is 0 Å². The second kappa shape index (κ2) is 9.69. The Morgan fingerprint density at radius 3 is 2.17 bits per heavy atom. The quantitative estimate of drug-likeness (QED) is 0.450. The van der Waals surface area contributed by atoms with Crippen molar-refractivity contribution in [2.45, 2.75) is 19.9 Å². The van der Waals surface area contributed by atoms with Gasteiger partial charge in [-0.25, -0.2) is 4.79 Å². The maximum atomic E-state index is 12.4. The summed E-state index contributed by atoms with van der Waals surface area (Å²) in [5.41, 5.74) is 2.49. The number of rotatable bonds is 8. The van der Waals surface area contributed by atoms with Crippen molar-refractivity contribution in [3.8, 4) is 11.1 Å². The number of amides is 1. The number of hydrogen-bond acceptors (Lipinski definition) is 5. The summed E-state index contributed by atoms with van der Waals surface area (Å²) in [5, 5.41) is 2.59. The van der Waals surface area contributed by atoms with Crippen LogP contribution in [0.4, 0.5) is 0 Å². The fourth-order valence-electron chi connectivity index (χ4n) is 2.91. The molecule has 3 rings (SSSR count). The second-order valence-corrected chi connectivity index (χ2v) is 7.15. The molecule has 1 atom stereocenters. The zero-order valence-electron chi connectivity index (χ0n) is 16.8. The molecular weight excluding hydrogens is 382 g/mol. The van der Waals surface area contributed by atoms with Crippen LogP contribution in [0.25, 0.3) is 11.1 Å². The molecule has 0 aliphatic heterocycles. The summed E-state index contributed by atoms with van der Waals surface area (Å²) in [7, 11) is 0. The van der Waals surface area contributed by atoms with E-state index in [9.17, 15) is 14.4 Å². The van der Waals surface area contributed by atoms with E-state index in [4.69, 9.17) is 9.15 Å². The topological polar surface area (TPSA) is 85.6 Å². The van der Waals surface area contributed by atoms with Crippen molar-refractivity contribution >= 4 is 17.7 Å². The fourth-order valence-corrected chi connectivity index (χ4v) is 2.91. The van der Waals surface area contributed by atoms with Crippen molar-refractivity contribution in [2.24, 2.45) is 5.92 Å². The zero-order chi connectivity index (χ0) is 21.5. The molecule has 1 aromatic heterocycles. The van der Waals surface area contributed by atoms with Gasteiger partial charge in [0.1, 0.15) is 6.04 Å². The lowest BCUT2D eigenvalue weighted by Crippen LogP contribution is -2.45. The molecule has 0 saturated heterocycles. The van der Waals surface area contributed by atoms with Crippen LogP contribution in [0, 0.1) is 5.92 Å². The Morgan fingerprint density at radius 2 is 1.57 bits per heavy atom. The fraction of sp³-hybridized carbons (Fsp3) is 0.208. The van der Waals surface area contributed by atoms with Gasteiger partial charge in [0.05, 0.1) is 6.26 Å². The zero-order valence-corrected chi connectivity index (χ0v) is 16.8. The van der Waals surface area contributed by atoms with Gasteiger partial charge >= 0.3 is 5.97 Å². The predicted molar refractivity (Wildman–Crippen MR) is 112 cm³/mol. The van der Waals surface area contributed by atoms with E-state index < -0.39 is 24.5 Å². The lowest BCUT2D eigenvalue weighted by atomic mass is 10.0. The molecule has 1 amide bonds. The maximum absolute atomic E-state index is 12.4. The molecule has 3 aromatic rings. The van der Waals surface area contributed by atoms with Crippen LogP contribution in [0.1, 0.15) is 34.8 Å². The Kier molecular flexibility index (Phi) is 6.80. The molecular formula is C24H23NO5. The summed E-state index contributed by atoms with van der Waals surface area (Å²) in [4.78, 5) is 37.0. The van der Waals surface area contributed by atoms with E-state index in [1.54, 1.807) is 32.0 Å². The van der Waals surface area contributed by atoms with Gasteiger partial charge in [0.25, 0.3) is 5.91 Å². The third-order valence-electron chi connectivity index (χ3n) is 4.61. The molecule has 154 valence electrons. The van der Waals surface area contributed by atoms with Crippen molar-refractivity contribution in [2.75, 3.05) is 6.61 Å². The summed E-state index contributed by atoms with van der Waals surface area (Å²) in [5.74, 6) is -1.62. The highest BCUT2D eigenvalue weighted by atomic mass is 16.5. The molecule has 0 radical (unpaired) electrons. The van der Waals surface area contributed by atoms with E-state index in [0.717, 1.165) is 11.1 Å². The molecule has 2 aromatic carbocycles. The Bertz CT molecular complexity index is 992. The average Bonchev–Trinajstić information content (AvgIpc) is 3.31. The van der Waals surface area contributed by atoms with Gasteiger partial charge in [0, 0.05) is 5.56 Å². The van der Waals surface area contributed by atoms with Gasteiger partial charge < -0.3 is 14.5 Å². The van der Waals surface area contributed by atoms with Crippen LogP contribution in [-0.2, 0) is 9.53 Å². The second-order valence-electron chi connectivity index (χ2n) is 7.15. The van der Waals surface area contributed by atoms with Gasteiger partial charge in [-0.1, -0.05) is 68.4 Å². The lowest BCUT2D eigenvalue weighted by Gasteiger charge is -2.20. The first-order valence-electron chi connectivity index (χ1n) is 9.65. The highest BCUT2D eigenvalue weighted by Gasteiger charge is 2.27. The summed E-state index contributed by atoms with van der Waals surface area (Å²) in [6.07, 6.45) is 1.37. The first-order chi connectivity index (χ1) is 14.5. The van der Waals surface area contributed by atoms with Gasteiger partial charge in [-0.05, 0) is 29.2 Å². The number of carbonyl (C=O) groups excluding carboxylic acids is 3. The highest BCUT2D eigenvalue weighted by Crippen LogP contribution is 2.19. The molecule has 30 heavy (non-hydrogen) atoms. The summed E-state index contributed by atoms with van der Waals surface area (Å²) < 4.78 is 10.2. The van der Waals surface area contributed by atoms with Crippen molar-refractivity contribution in [3.05, 3.63) is 84.3 Å². The first-order valence-corrected chi connectivity index (χ1v) is 9.65. The van der Waals surface area contributed by atoms with Gasteiger partial charge in [0.15, 0.2) is 18.2 Å². The molecule has 0 aliphatic carbocycles. The van der Waals surface area contributed by atoms with Gasteiger partial charge in [-0.15, -0.1) is 0 Å². The van der Waals surface area contributed by atoms with Crippen molar-refractivity contribution in [1.29, 1.82) is 0 Å². The molecule has 6 nitrogen and oxygen atoms in total. The highest BCUT2D eigenvalue weighted by molar-refractivity contribution is 5.99. The molecule has 0 bridgehead atoms. The van der Waals surface area contributed by atoms with Gasteiger partial charge in [-0.3, -0.25) is 9.59 Å². The normalized spacial score (nSPS) is 11.7. The smallest absolute Gasteiger partial charge is 0.329 e. The van der Waals surface area contributed by atoms with Crippen LogP contribution in [0.5, 0.6) is 0 Å². The lowest BCUT2D eigenvalue weighted by molar-refractivity contribution is -0.145. The van der Waals surface area contributed by atoms with Crippen LogP contribution in [0.2, 0.25) is 0 Å². The minimum absolute atomic E-state index is 0.100.